The summed E-state index contributed by atoms with van der Waals surface area (Å²) in [6, 6.07) is 0. The fraction of sp³-hybridized carbons (Fsp3) is 0.696. The number of carboxylic acids is 1. The van der Waals surface area contributed by atoms with Crippen molar-refractivity contribution < 1.29 is 29.0 Å². The molecule has 0 radical (unpaired) electrons. The molecule has 0 aromatic heterocycles. The van der Waals surface area contributed by atoms with Crippen molar-refractivity contribution in [2.75, 3.05) is 0 Å². The van der Waals surface area contributed by atoms with E-state index in [1.165, 1.54) is 0 Å². The molecule has 0 bridgehead atoms. The van der Waals surface area contributed by atoms with Gasteiger partial charge in [0.2, 0.25) is 0 Å². The fourth-order valence-corrected chi connectivity index (χ4v) is 3.82. The molecule has 0 amide bonds. The zero-order chi connectivity index (χ0) is 21.2. The third-order valence-electron chi connectivity index (χ3n) is 5.55. The second-order valence-corrected chi connectivity index (χ2v) is 7.86. The Labute approximate surface area is 173 Å². The first-order valence-corrected chi connectivity index (χ1v) is 10.9. The number of rotatable bonds is 14. The maximum Gasteiger partial charge on any atom is 0.306 e. The standard InChI is InChI=1S/C23H34O6/c1-3-5-8-11-16(28-20(26)4-2)14-15-18-17(21(27)23-22(18)29-23)12-9-6-7-10-13-19(24)25/h6,9,14-18,22-23H,3-5,7-8,10-13H2,1-2H3,(H,24,25)/b9-6-,15-14+/t16-,17+,18+,22?,23?/m0/s1. The Morgan fingerprint density at radius 1 is 1.21 bits per heavy atom. The van der Waals surface area contributed by atoms with Crippen molar-refractivity contribution in [1.29, 1.82) is 0 Å². The highest BCUT2D eigenvalue weighted by molar-refractivity contribution is 5.92. The number of ketones is 1. The zero-order valence-corrected chi connectivity index (χ0v) is 17.5. The first-order valence-electron chi connectivity index (χ1n) is 10.9. The molecule has 5 atom stereocenters. The highest BCUT2D eigenvalue weighted by Gasteiger charge is 2.60. The normalized spacial score (nSPS) is 26.8. The Kier molecular flexibility index (Phi) is 9.58. The van der Waals surface area contributed by atoms with Crippen LogP contribution in [0.4, 0.5) is 0 Å². The number of carbonyl (C=O) groups is 3. The minimum atomic E-state index is -0.788. The molecule has 0 aromatic rings. The largest absolute Gasteiger partial charge is 0.481 e. The van der Waals surface area contributed by atoms with E-state index < -0.39 is 5.97 Å². The first kappa shape index (κ1) is 23.3. The molecule has 6 heteroatoms. The number of hydrogen-bond donors (Lipinski definition) is 1. The van der Waals surface area contributed by atoms with Crippen LogP contribution >= 0.6 is 0 Å². The third kappa shape index (κ3) is 7.42. The van der Waals surface area contributed by atoms with Gasteiger partial charge in [-0.3, -0.25) is 14.4 Å². The van der Waals surface area contributed by atoms with Crippen LogP contribution in [0.25, 0.3) is 0 Å². The summed E-state index contributed by atoms with van der Waals surface area (Å²) in [6.45, 7) is 3.92. The Morgan fingerprint density at radius 2 is 2.00 bits per heavy atom. The van der Waals surface area contributed by atoms with Crippen molar-refractivity contribution in [2.24, 2.45) is 11.8 Å². The minimum Gasteiger partial charge on any atom is -0.481 e. The summed E-state index contributed by atoms with van der Waals surface area (Å²) in [5.41, 5.74) is 0. The van der Waals surface area contributed by atoms with Gasteiger partial charge in [0.1, 0.15) is 12.2 Å². The molecule has 1 aliphatic carbocycles. The van der Waals surface area contributed by atoms with Gasteiger partial charge in [0.15, 0.2) is 5.78 Å². The van der Waals surface area contributed by atoms with Crippen LogP contribution in [-0.2, 0) is 23.9 Å². The lowest BCUT2D eigenvalue weighted by Gasteiger charge is -2.18. The number of carbonyl (C=O) groups excluding carboxylic acids is 2. The average molecular weight is 407 g/mol. The van der Waals surface area contributed by atoms with Gasteiger partial charge in [-0.25, -0.2) is 0 Å². The van der Waals surface area contributed by atoms with Crippen LogP contribution in [0.15, 0.2) is 24.3 Å². The molecule has 1 saturated carbocycles. The number of hydrogen-bond acceptors (Lipinski definition) is 5. The molecule has 1 N–H and O–H groups in total. The van der Waals surface area contributed by atoms with Crippen LogP contribution in [0.1, 0.15) is 71.6 Å². The Hall–Kier alpha value is -1.95. The number of ether oxygens (including phenoxy) is 2. The number of esters is 1. The van der Waals surface area contributed by atoms with Crippen LogP contribution in [0.2, 0.25) is 0 Å². The van der Waals surface area contributed by atoms with Crippen LogP contribution in [-0.4, -0.2) is 41.1 Å². The molecule has 29 heavy (non-hydrogen) atoms. The second-order valence-electron chi connectivity index (χ2n) is 7.86. The topological polar surface area (TPSA) is 93.2 Å². The molecule has 1 heterocycles. The Morgan fingerprint density at radius 3 is 2.69 bits per heavy atom. The van der Waals surface area contributed by atoms with Gasteiger partial charge in [-0.2, -0.15) is 0 Å². The van der Waals surface area contributed by atoms with E-state index in [9.17, 15) is 14.4 Å². The van der Waals surface area contributed by atoms with E-state index in [1.54, 1.807) is 6.92 Å². The quantitative estimate of drug-likeness (QED) is 0.201. The number of fused-ring (bicyclic) bond motifs is 1. The molecule has 0 aromatic carbocycles. The lowest BCUT2D eigenvalue weighted by atomic mass is 9.90. The van der Waals surface area contributed by atoms with Gasteiger partial charge in [-0.05, 0) is 38.2 Å². The predicted molar refractivity (Wildman–Crippen MR) is 109 cm³/mol. The average Bonchev–Trinajstić information content (AvgIpc) is 3.43. The molecular weight excluding hydrogens is 372 g/mol. The highest BCUT2D eigenvalue weighted by Crippen LogP contribution is 2.46. The van der Waals surface area contributed by atoms with Gasteiger partial charge >= 0.3 is 11.9 Å². The number of epoxide rings is 1. The van der Waals surface area contributed by atoms with E-state index in [0.29, 0.717) is 25.7 Å². The molecule has 6 nitrogen and oxygen atoms in total. The van der Waals surface area contributed by atoms with E-state index in [4.69, 9.17) is 14.6 Å². The monoisotopic (exact) mass is 406 g/mol. The third-order valence-corrected chi connectivity index (χ3v) is 5.55. The molecular formula is C23H34O6. The van der Waals surface area contributed by atoms with Gasteiger partial charge in [-0.15, -0.1) is 0 Å². The van der Waals surface area contributed by atoms with Crippen molar-refractivity contribution in [2.45, 2.75) is 89.9 Å². The summed E-state index contributed by atoms with van der Waals surface area (Å²) in [4.78, 5) is 34.8. The van der Waals surface area contributed by atoms with Crippen LogP contribution < -0.4 is 0 Å². The zero-order valence-electron chi connectivity index (χ0n) is 17.5. The Bertz CT molecular complexity index is 623. The van der Waals surface area contributed by atoms with Gasteiger partial charge in [0, 0.05) is 24.7 Å². The van der Waals surface area contributed by atoms with Gasteiger partial charge in [0.05, 0.1) is 6.10 Å². The molecule has 2 aliphatic rings. The van der Waals surface area contributed by atoms with Gasteiger partial charge in [-0.1, -0.05) is 44.9 Å². The lowest BCUT2D eigenvalue weighted by molar-refractivity contribution is -0.146. The summed E-state index contributed by atoms with van der Waals surface area (Å²) < 4.78 is 11.1. The number of allylic oxidation sites excluding steroid dienone is 2. The predicted octanol–water partition coefficient (Wildman–Crippen LogP) is 4.23. The summed E-state index contributed by atoms with van der Waals surface area (Å²) in [6.07, 6.45) is 13.7. The smallest absolute Gasteiger partial charge is 0.306 e. The Balaban J connectivity index is 1.92. The summed E-state index contributed by atoms with van der Waals surface area (Å²) in [5.74, 6) is -0.967. The molecule has 2 unspecified atom stereocenters. The van der Waals surface area contributed by atoms with Crippen molar-refractivity contribution >= 4 is 17.7 Å². The maximum absolute atomic E-state index is 12.5. The van der Waals surface area contributed by atoms with Crippen LogP contribution in [0.5, 0.6) is 0 Å². The summed E-state index contributed by atoms with van der Waals surface area (Å²) in [7, 11) is 0. The number of unbranched alkanes of at least 4 members (excludes halogenated alkanes) is 3. The maximum atomic E-state index is 12.5. The second kappa shape index (κ2) is 11.9. The molecule has 2 rings (SSSR count). The molecule has 162 valence electrons. The number of carboxylic acid groups (broad SMARTS) is 1. The van der Waals surface area contributed by atoms with Crippen LogP contribution in [0, 0.1) is 11.8 Å². The van der Waals surface area contributed by atoms with E-state index in [2.05, 4.69) is 6.92 Å². The van der Waals surface area contributed by atoms with Crippen molar-refractivity contribution in [3.63, 3.8) is 0 Å². The lowest BCUT2D eigenvalue weighted by Crippen LogP contribution is -2.21. The SMILES string of the molecule is CCCCC[C@@H](/C=C/[C@H]1C2OC2C(=O)[C@@H]1C/C=C\CCCC(=O)O)OC(=O)CC. The van der Waals surface area contributed by atoms with Crippen LogP contribution in [0.3, 0.4) is 0 Å². The molecule has 1 aliphatic heterocycles. The molecule has 0 spiro atoms. The molecule has 1 saturated heterocycles. The van der Waals surface area contributed by atoms with Gasteiger partial charge < -0.3 is 14.6 Å². The van der Waals surface area contributed by atoms with E-state index >= 15 is 0 Å². The van der Waals surface area contributed by atoms with E-state index in [1.807, 2.05) is 24.3 Å². The highest BCUT2D eigenvalue weighted by atomic mass is 16.6. The van der Waals surface area contributed by atoms with E-state index in [0.717, 1.165) is 25.7 Å². The summed E-state index contributed by atoms with van der Waals surface area (Å²) >= 11 is 0. The van der Waals surface area contributed by atoms with Crippen molar-refractivity contribution in [3.05, 3.63) is 24.3 Å². The van der Waals surface area contributed by atoms with Crippen molar-refractivity contribution in [3.8, 4) is 0 Å². The first-order chi connectivity index (χ1) is 14.0. The van der Waals surface area contributed by atoms with E-state index in [-0.39, 0.29) is 48.3 Å². The summed E-state index contributed by atoms with van der Waals surface area (Å²) in [5, 5.41) is 8.67. The molecule has 2 fully saturated rings. The fourth-order valence-electron chi connectivity index (χ4n) is 3.82. The number of aliphatic carboxylic acids is 1. The van der Waals surface area contributed by atoms with Gasteiger partial charge in [0.25, 0.3) is 0 Å². The minimum absolute atomic E-state index is 0.00479. The van der Waals surface area contributed by atoms with Crippen molar-refractivity contribution in [1.82, 2.24) is 0 Å². The number of Topliss-reactive ketones (excluding diaryl/α,β-unsaturated/α-hetero) is 1.